The molecule has 6 rings (SSSR count). The van der Waals surface area contributed by atoms with Crippen LogP contribution in [-0.2, 0) is 16.6 Å². The van der Waals surface area contributed by atoms with Gasteiger partial charge in [0.1, 0.15) is 0 Å². The predicted molar refractivity (Wildman–Crippen MR) is 160 cm³/mol. The average molecular weight is 554 g/mol. The van der Waals surface area contributed by atoms with Crippen LogP contribution in [0.15, 0.2) is 60.9 Å². The van der Waals surface area contributed by atoms with Crippen molar-refractivity contribution >= 4 is 39.9 Å². The minimum absolute atomic E-state index is 0.00680. The first-order chi connectivity index (χ1) is 20.0. The van der Waals surface area contributed by atoms with Crippen LogP contribution in [0, 0.1) is 5.92 Å². The standard InChI is InChI=1S/C30H35N9O2/c1-31-29-25-18-23(6-9-26(25)36(2)35-29)34-30(41)22-10-13-37(19-22)20-27(40)39-16-14-38(15-17-39)24-7-4-21(5-8-24)28-32-11-3-12-33-28/h3-9,11-12,18,22H,10,13-17,19-20H2,1-2H3,(H,31,35)(H,34,41)/t22-/m1/s1. The molecule has 0 aliphatic carbocycles. The molecule has 2 amide bonds. The second-order valence-corrected chi connectivity index (χ2v) is 10.7. The van der Waals surface area contributed by atoms with Gasteiger partial charge in [0, 0.05) is 81.5 Å². The summed E-state index contributed by atoms with van der Waals surface area (Å²) in [6.07, 6.45) is 4.23. The molecule has 4 aromatic rings. The quantitative estimate of drug-likeness (QED) is 0.359. The molecule has 2 aromatic carbocycles. The molecular weight excluding hydrogens is 518 g/mol. The Labute approximate surface area is 239 Å². The monoisotopic (exact) mass is 553 g/mol. The molecule has 41 heavy (non-hydrogen) atoms. The zero-order valence-corrected chi connectivity index (χ0v) is 23.5. The summed E-state index contributed by atoms with van der Waals surface area (Å²) in [7, 11) is 3.74. The first kappa shape index (κ1) is 26.7. The van der Waals surface area contributed by atoms with Crippen molar-refractivity contribution in [1.29, 1.82) is 0 Å². The van der Waals surface area contributed by atoms with Gasteiger partial charge in [0.25, 0.3) is 0 Å². The Morgan fingerprint density at radius 2 is 1.73 bits per heavy atom. The molecule has 0 spiro atoms. The lowest BCUT2D eigenvalue weighted by atomic mass is 10.1. The molecule has 2 aromatic heterocycles. The lowest BCUT2D eigenvalue weighted by Crippen LogP contribution is -2.51. The number of fused-ring (bicyclic) bond motifs is 1. The summed E-state index contributed by atoms with van der Waals surface area (Å²) >= 11 is 0. The van der Waals surface area contributed by atoms with Crippen molar-refractivity contribution in [3.63, 3.8) is 0 Å². The van der Waals surface area contributed by atoms with Gasteiger partial charge >= 0.3 is 0 Å². The SMILES string of the molecule is CNc1nn(C)c2ccc(NC(=O)[C@@H]3CCN(CC(=O)N4CCN(c5ccc(-c6ncccn6)cc5)CC4)C3)cc12. The number of piperazine rings is 1. The number of hydrogen-bond donors (Lipinski definition) is 2. The summed E-state index contributed by atoms with van der Waals surface area (Å²) in [6, 6.07) is 15.9. The lowest BCUT2D eigenvalue weighted by molar-refractivity contribution is -0.132. The average Bonchev–Trinajstić information content (AvgIpc) is 3.61. The fraction of sp³-hybridized carbons (Fsp3) is 0.367. The van der Waals surface area contributed by atoms with Crippen molar-refractivity contribution in [2.75, 3.05) is 68.4 Å². The summed E-state index contributed by atoms with van der Waals surface area (Å²) in [4.78, 5) is 41.1. The van der Waals surface area contributed by atoms with Gasteiger partial charge in [-0.25, -0.2) is 9.97 Å². The highest BCUT2D eigenvalue weighted by molar-refractivity contribution is 5.98. The van der Waals surface area contributed by atoms with Gasteiger partial charge in [-0.1, -0.05) is 0 Å². The highest BCUT2D eigenvalue weighted by Gasteiger charge is 2.31. The third-order valence-electron chi connectivity index (χ3n) is 8.05. The Hall–Kier alpha value is -4.51. The minimum atomic E-state index is -0.141. The van der Waals surface area contributed by atoms with E-state index in [4.69, 9.17) is 0 Å². The molecule has 2 aliphatic heterocycles. The molecule has 0 unspecified atom stereocenters. The highest BCUT2D eigenvalue weighted by atomic mass is 16.2. The number of benzene rings is 2. The van der Waals surface area contributed by atoms with Gasteiger partial charge in [-0.05, 0) is 61.5 Å². The first-order valence-electron chi connectivity index (χ1n) is 14.1. The number of anilines is 3. The number of rotatable bonds is 7. The first-order valence-corrected chi connectivity index (χ1v) is 14.1. The molecule has 11 heteroatoms. The van der Waals surface area contributed by atoms with Crippen LogP contribution in [0.4, 0.5) is 17.2 Å². The van der Waals surface area contributed by atoms with E-state index in [1.54, 1.807) is 12.4 Å². The molecule has 0 radical (unpaired) electrons. The largest absolute Gasteiger partial charge is 0.371 e. The number of nitrogens with one attached hydrogen (secondary N) is 2. The highest BCUT2D eigenvalue weighted by Crippen LogP contribution is 2.27. The van der Waals surface area contributed by atoms with Crippen LogP contribution in [0.1, 0.15) is 6.42 Å². The Bertz CT molecular complexity index is 1530. The van der Waals surface area contributed by atoms with Crippen LogP contribution < -0.4 is 15.5 Å². The zero-order chi connectivity index (χ0) is 28.3. The summed E-state index contributed by atoms with van der Waals surface area (Å²) in [5, 5.41) is 11.6. The van der Waals surface area contributed by atoms with Crippen LogP contribution in [-0.4, -0.2) is 94.2 Å². The van der Waals surface area contributed by atoms with Crippen LogP contribution in [0.2, 0.25) is 0 Å². The van der Waals surface area contributed by atoms with Crippen molar-refractivity contribution < 1.29 is 9.59 Å². The Balaban J connectivity index is 0.975. The van der Waals surface area contributed by atoms with Crippen molar-refractivity contribution in [3.8, 4) is 11.4 Å². The predicted octanol–water partition coefficient (Wildman–Crippen LogP) is 2.68. The van der Waals surface area contributed by atoms with E-state index in [1.807, 2.05) is 60.1 Å². The molecule has 2 saturated heterocycles. The van der Waals surface area contributed by atoms with Crippen LogP contribution in [0.5, 0.6) is 0 Å². The number of aryl methyl sites for hydroxylation is 1. The van der Waals surface area contributed by atoms with E-state index in [-0.39, 0.29) is 17.7 Å². The van der Waals surface area contributed by atoms with Crippen molar-refractivity contribution in [1.82, 2.24) is 29.5 Å². The van der Waals surface area contributed by atoms with Gasteiger partial charge in [-0.15, -0.1) is 0 Å². The van der Waals surface area contributed by atoms with Crippen molar-refractivity contribution in [2.45, 2.75) is 6.42 Å². The Morgan fingerprint density at radius 1 is 0.976 bits per heavy atom. The number of hydrogen-bond acceptors (Lipinski definition) is 8. The van der Waals surface area contributed by atoms with E-state index in [0.29, 0.717) is 32.0 Å². The third kappa shape index (κ3) is 5.71. The molecule has 2 N–H and O–H groups in total. The Morgan fingerprint density at radius 3 is 2.46 bits per heavy atom. The summed E-state index contributed by atoms with van der Waals surface area (Å²) < 4.78 is 1.82. The fourth-order valence-electron chi connectivity index (χ4n) is 5.74. The van der Waals surface area contributed by atoms with Gasteiger partial charge in [0.2, 0.25) is 11.8 Å². The van der Waals surface area contributed by atoms with Crippen molar-refractivity contribution in [2.24, 2.45) is 13.0 Å². The van der Waals surface area contributed by atoms with Gasteiger partial charge < -0.3 is 20.4 Å². The maximum absolute atomic E-state index is 13.1. The number of amides is 2. The maximum atomic E-state index is 13.1. The van der Waals surface area contributed by atoms with Crippen LogP contribution >= 0.6 is 0 Å². The smallest absolute Gasteiger partial charge is 0.236 e. The maximum Gasteiger partial charge on any atom is 0.236 e. The molecule has 11 nitrogen and oxygen atoms in total. The van der Waals surface area contributed by atoms with Gasteiger partial charge in [0.15, 0.2) is 11.6 Å². The van der Waals surface area contributed by atoms with Crippen LogP contribution in [0.3, 0.4) is 0 Å². The lowest BCUT2D eigenvalue weighted by Gasteiger charge is -2.36. The number of carbonyl (C=O) groups excluding carboxylic acids is 2. The zero-order valence-electron chi connectivity index (χ0n) is 23.5. The molecule has 2 fully saturated rings. The third-order valence-corrected chi connectivity index (χ3v) is 8.05. The number of likely N-dealkylation sites (tertiary alicyclic amines) is 1. The van der Waals surface area contributed by atoms with E-state index < -0.39 is 0 Å². The molecule has 2 aliphatic rings. The van der Waals surface area contributed by atoms with E-state index in [2.05, 4.69) is 47.6 Å². The number of aromatic nitrogens is 4. The normalized spacial score (nSPS) is 17.7. The summed E-state index contributed by atoms with van der Waals surface area (Å²) in [5.74, 6) is 1.47. The molecule has 212 valence electrons. The molecule has 0 bridgehead atoms. The van der Waals surface area contributed by atoms with Crippen LogP contribution in [0.25, 0.3) is 22.3 Å². The van der Waals surface area contributed by atoms with Crippen molar-refractivity contribution in [3.05, 3.63) is 60.9 Å². The number of carbonyl (C=O) groups is 2. The second kappa shape index (κ2) is 11.5. The number of nitrogens with zero attached hydrogens (tertiary/aromatic N) is 7. The minimum Gasteiger partial charge on any atom is -0.371 e. The summed E-state index contributed by atoms with van der Waals surface area (Å²) in [5.41, 5.74) is 3.87. The van der Waals surface area contributed by atoms with E-state index >= 15 is 0 Å². The summed E-state index contributed by atoms with van der Waals surface area (Å²) in [6.45, 7) is 4.63. The van der Waals surface area contributed by atoms with Gasteiger partial charge in [0.05, 0.1) is 18.0 Å². The molecule has 0 saturated carbocycles. The van der Waals surface area contributed by atoms with E-state index in [1.165, 1.54) is 0 Å². The second-order valence-electron chi connectivity index (χ2n) is 10.7. The molecule has 1 atom stereocenters. The van der Waals surface area contributed by atoms with E-state index in [0.717, 1.165) is 59.7 Å². The fourth-order valence-corrected chi connectivity index (χ4v) is 5.74. The molecular formula is C30H35N9O2. The van der Waals surface area contributed by atoms with Gasteiger partial charge in [-0.3, -0.25) is 19.2 Å². The topological polar surface area (TPSA) is 112 Å². The molecule has 4 heterocycles. The van der Waals surface area contributed by atoms with Gasteiger partial charge in [-0.2, -0.15) is 5.10 Å². The Kier molecular flexibility index (Phi) is 7.51. The van der Waals surface area contributed by atoms with E-state index in [9.17, 15) is 9.59 Å².